The lowest BCUT2D eigenvalue weighted by Gasteiger charge is -2.31. The Bertz CT molecular complexity index is 470. The molecule has 0 spiro atoms. The number of rotatable bonds is 6. The molecule has 0 unspecified atom stereocenters. The molecule has 1 aromatic rings. The van der Waals surface area contributed by atoms with Crippen molar-refractivity contribution in [2.75, 3.05) is 12.4 Å². The van der Waals surface area contributed by atoms with Gasteiger partial charge in [-0.25, -0.2) is 4.79 Å². The lowest BCUT2D eigenvalue weighted by atomic mass is 9.93. The van der Waals surface area contributed by atoms with E-state index in [0.717, 1.165) is 5.75 Å². The van der Waals surface area contributed by atoms with Crippen molar-refractivity contribution in [3.8, 4) is 5.75 Å². The highest BCUT2D eigenvalue weighted by molar-refractivity contribution is 7.80. The van der Waals surface area contributed by atoms with E-state index in [2.05, 4.69) is 10.6 Å². The number of carbonyl (C=O) groups is 1. The SMILES string of the molecule is CCC(CC)(NC(=O)Nc1ccc(OC)cc1)C(N)=S. The second kappa shape index (κ2) is 7.09. The number of benzene rings is 1. The predicted octanol–water partition coefficient (Wildman–Crippen LogP) is 2.66. The quantitative estimate of drug-likeness (QED) is 0.705. The summed E-state index contributed by atoms with van der Waals surface area (Å²) < 4.78 is 5.06. The molecule has 5 nitrogen and oxygen atoms in total. The van der Waals surface area contributed by atoms with Gasteiger partial charge in [-0.05, 0) is 37.1 Å². The number of nitrogens with one attached hydrogen (secondary N) is 2. The average molecular weight is 295 g/mol. The molecule has 0 aliphatic rings. The standard InChI is InChI=1S/C14H21N3O2S/c1-4-14(5-2,12(15)20)17-13(18)16-10-6-8-11(19-3)9-7-10/h6-9H,4-5H2,1-3H3,(H2,15,20)(H2,16,17,18). The van der Waals surface area contributed by atoms with E-state index in [0.29, 0.717) is 23.5 Å². The number of carbonyl (C=O) groups excluding carboxylic acids is 1. The van der Waals surface area contributed by atoms with Crippen molar-refractivity contribution in [3.63, 3.8) is 0 Å². The zero-order valence-corrected chi connectivity index (χ0v) is 12.8. The fraction of sp³-hybridized carbons (Fsp3) is 0.429. The zero-order chi connectivity index (χ0) is 15.2. The third kappa shape index (κ3) is 3.84. The van der Waals surface area contributed by atoms with Gasteiger partial charge in [0.2, 0.25) is 0 Å². The van der Waals surface area contributed by atoms with E-state index in [-0.39, 0.29) is 6.03 Å². The van der Waals surface area contributed by atoms with Gasteiger partial charge in [-0.3, -0.25) is 0 Å². The molecule has 2 amide bonds. The predicted molar refractivity (Wildman–Crippen MR) is 85.2 cm³/mol. The van der Waals surface area contributed by atoms with Crippen LogP contribution in [0.2, 0.25) is 0 Å². The molecule has 0 saturated carbocycles. The molecule has 0 aliphatic heterocycles. The van der Waals surface area contributed by atoms with E-state index in [1.807, 2.05) is 13.8 Å². The summed E-state index contributed by atoms with van der Waals surface area (Å²) in [6.45, 7) is 3.88. The Morgan fingerprint density at radius 1 is 1.30 bits per heavy atom. The monoisotopic (exact) mass is 295 g/mol. The molecular formula is C14H21N3O2S. The molecule has 0 radical (unpaired) electrons. The Balaban J connectivity index is 2.72. The molecule has 4 N–H and O–H groups in total. The smallest absolute Gasteiger partial charge is 0.320 e. The van der Waals surface area contributed by atoms with E-state index in [9.17, 15) is 4.79 Å². The van der Waals surface area contributed by atoms with Gasteiger partial charge in [-0.1, -0.05) is 26.1 Å². The van der Waals surface area contributed by atoms with E-state index < -0.39 is 5.54 Å². The third-order valence-corrected chi connectivity index (χ3v) is 3.77. The molecule has 20 heavy (non-hydrogen) atoms. The molecular weight excluding hydrogens is 274 g/mol. The summed E-state index contributed by atoms with van der Waals surface area (Å²) in [7, 11) is 1.59. The number of ether oxygens (including phenoxy) is 1. The lowest BCUT2D eigenvalue weighted by molar-refractivity contribution is 0.243. The van der Waals surface area contributed by atoms with Gasteiger partial charge in [0, 0.05) is 5.69 Å². The molecule has 110 valence electrons. The lowest BCUT2D eigenvalue weighted by Crippen LogP contribution is -2.57. The minimum absolute atomic E-state index is 0.299. The second-order valence-corrected chi connectivity index (χ2v) is 4.90. The van der Waals surface area contributed by atoms with Crippen LogP contribution in [0.5, 0.6) is 5.75 Å². The minimum atomic E-state index is -0.647. The van der Waals surface area contributed by atoms with Gasteiger partial charge in [-0.15, -0.1) is 0 Å². The Hall–Kier alpha value is -1.82. The fourth-order valence-corrected chi connectivity index (χ4v) is 2.23. The van der Waals surface area contributed by atoms with Crippen molar-refractivity contribution in [1.82, 2.24) is 5.32 Å². The number of methoxy groups -OCH3 is 1. The number of nitrogens with two attached hydrogens (primary N) is 1. The van der Waals surface area contributed by atoms with Crippen LogP contribution in [0.25, 0.3) is 0 Å². The molecule has 1 rings (SSSR count). The maximum atomic E-state index is 12.0. The zero-order valence-electron chi connectivity index (χ0n) is 12.0. The minimum Gasteiger partial charge on any atom is -0.497 e. The molecule has 0 bridgehead atoms. The van der Waals surface area contributed by atoms with Crippen molar-refractivity contribution in [2.24, 2.45) is 5.73 Å². The first-order chi connectivity index (χ1) is 9.47. The van der Waals surface area contributed by atoms with Gasteiger partial charge in [0.15, 0.2) is 0 Å². The molecule has 0 aliphatic carbocycles. The second-order valence-electron chi connectivity index (χ2n) is 4.46. The Kier molecular flexibility index (Phi) is 5.76. The summed E-state index contributed by atoms with van der Waals surface area (Å²) in [6, 6.07) is 6.75. The summed E-state index contributed by atoms with van der Waals surface area (Å²) in [5.74, 6) is 0.732. The Morgan fingerprint density at radius 3 is 2.25 bits per heavy atom. The molecule has 0 fully saturated rings. The highest BCUT2D eigenvalue weighted by Crippen LogP contribution is 2.18. The molecule has 0 aromatic heterocycles. The number of amides is 2. The highest BCUT2D eigenvalue weighted by Gasteiger charge is 2.31. The Morgan fingerprint density at radius 2 is 1.85 bits per heavy atom. The van der Waals surface area contributed by atoms with E-state index >= 15 is 0 Å². The number of thiocarbonyl (C=S) groups is 1. The van der Waals surface area contributed by atoms with Gasteiger partial charge in [0.25, 0.3) is 0 Å². The maximum Gasteiger partial charge on any atom is 0.320 e. The van der Waals surface area contributed by atoms with Crippen LogP contribution >= 0.6 is 12.2 Å². The van der Waals surface area contributed by atoms with Crippen LogP contribution in [0.15, 0.2) is 24.3 Å². The summed E-state index contributed by atoms with van der Waals surface area (Å²) in [6.07, 6.45) is 1.30. The third-order valence-electron chi connectivity index (χ3n) is 3.38. The van der Waals surface area contributed by atoms with Crippen LogP contribution in [0.3, 0.4) is 0 Å². The number of hydrogen-bond acceptors (Lipinski definition) is 3. The molecule has 1 aromatic carbocycles. The number of hydrogen-bond donors (Lipinski definition) is 3. The van der Waals surface area contributed by atoms with Crippen LogP contribution in [-0.2, 0) is 0 Å². The summed E-state index contributed by atoms with van der Waals surface area (Å²) in [5.41, 5.74) is 5.77. The van der Waals surface area contributed by atoms with Gasteiger partial charge in [-0.2, -0.15) is 0 Å². The molecule has 0 saturated heterocycles. The number of anilines is 1. The summed E-state index contributed by atoms with van der Waals surface area (Å²) in [5, 5.41) is 5.61. The topological polar surface area (TPSA) is 76.4 Å². The van der Waals surface area contributed by atoms with Crippen LogP contribution in [-0.4, -0.2) is 23.7 Å². The first-order valence-electron chi connectivity index (χ1n) is 6.50. The molecule has 6 heteroatoms. The first kappa shape index (κ1) is 16.2. The average Bonchev–Trinajstić information content (AvgIpc) is 2.45. The van der Waals surface area contributed by atoms with Crippen molar-refractivity contribution >= 4 is 28.9 Å². The van der Waals surface area contributed by atoms with E-state index in [1.54, 1.807) is 31.4 Å². The van der Waals surface area contributed by atoms with Crippen LogP contribution in [0.4, 0.5) is 10.5 Å². The number of urea groups is 1. The van der Waals surface area contributed by atoms with Crippen LogP contribution in [0, 0.1) is 0 Å². The van der Waals surface area contributed by atoms with Gasteiger partial charge in [0.05, 0.1) is 17.6 Å². The van der Waals surface area contributed by atoms with Crippen molar-refractivity contribution in [3.05, 3.63) is 24.3 Å². The Labute approximate surface area is 124 Å². The van der Waals surface area contributed by atoms with Gasteiger partial charge >= 0.3 is 6.03 Å². The first-order valence-corrected chi connectivity index (χ1v) is 6.91. The maximum absolute atomic E-state index is 12.0. The van der Waals surface area contributed by atoms with Crippen molar-refractivity contribution in [2.45, 2.75) is 32.2 Å². The highest BCUT2D eigenvalue weighted by atomic mass is 32.1. The van der Waals surface area contributed by atoms with Crippen LogP contribution in [0.1, 0.15) is 26.7 Å². The molecule has 0 atom stereocenters. The summed E-state index contributed by atoms with van der Waals surface area (Å²) in [4.78, 5) is 12.3. The van der Waals surface area contributed by atoms with E-state index in [4.69, 9.17) is 22.7 Å². The van der Waals surface area contributed by atoms with Crippen molar-refractivity contribution in [1.29, 1.82) is 0 Å². The van der Waals surface area contributed by atoms with E-state index in [1.165, 1.54) is 0 Å². The summed E-state index contributed by atoms with van der Waals surface area (Å²) >= 11 is 5.06. The van der Waals surface area contributed by atoms with Crippen molar-refractivity contribution < 1.29 is 9.53 Å². The fourth-order valence-electron chi connectivity index (χ4n) is 1.89. The molecule has 0 heterocycles. The van der Waals surface area contributed by atoms with Gasteiger partial charge in [0.1, 0.15) is 5.75 Å². The van der Waals surface area contributed by atoms with Crippen LogP contribution < -0.4 is 21.1 Å². The van der Waals surface area contributed by atoms with Gasteiger partial charge < -0.3 is 21.1 Å². The largest absolute Gasteiger partial charge is 0.497 e. The normalized spacial score (nSPS) is 10.8.